The molecule has 0 aliphatic heterocycles. The van der Waals surface area contributed by atoms with Crippen molar-refractivity contribution >= 4 is 16.7 Å². The number of aryl methyl sites for hydroxylation is 1. The second-order valence-corrected chi connectivity index (χ2v) is 4.16. The highest BCUT2D eigenvalue weighted by Gasteiger charge is 2.04. The predicted molar refractivity (Wildman–Crippen MR) is 66.6 cm³/mol. The first-order valence-electron chi connectivity index (χ1n) is 5.70. The first-order valence-corrected chi connectivity index (χ1v) is 5.70. The van der Waals surface area contributed by atoms with E-state index in [4.69, 9.17) is 5.26 Å². The van der Waals surface area contributed by atoms with Crippen molar-refractivity contribution in [1.29, 1.82) is 5.26 Å². The van der Waals surface area contributed by atoms with E-state index in [-0.39, 0.29) is 5.78 Å². The highest BCUT2D eigenvalue weighted by molar-refractivity contribution is 5.86. The van der Waals surface area contributed by atoms with Crippen LogP contribution in [0.2, 0.25) is 0 Å². The Hall–Kier alpha value is -2.08. The molecule has 1 aromatic heterocycles. The van der Waals surface area contributed by atoms with Gasteiger partial charge in [0.05, 0.1) is 11.6 Å². The number of rotatable bonds is 4. The fourth-order valence-corrected chi connectivity index (χ4v) is 2.01. The fourth-order valence-electron chi connectivity index (χ4n) is 2.01. The van der Waals surface area contributed by atoms with E-state index >= 15 is 0 Å². The van der Waals surface area contributed by atoms with Crippen LogP contribution in [0.25, 0.3) is 10.9 Å². The van der Waals surface area contributed by atoms with Gasteiger partial charge in [0.25, 0.3) is 0 Å². The van der Waals surface area contributed by atoms with Gasteiger partial charge in [-0.1, -0.05) is 6.07 Å². The van der Waals surface area contributed by atoms with Crippen LogP contribution in [0.5, 0.6) is 0 Å². The van der Waals surface area contributed by atoms with E-state index in [2.05, 4.69) is 10.6 Å². The number of nitrogens with zero attached hydrogens (tertiary/aromatic N) is 2. The van der Waals surface area contributed by atoms with Crippen molar-refractivity contribution in [2.75, 3.05) is 0 Å². The molecule has 0 N–H and O–H groups in total. The molecule has 17 heavy (non-hydrogen) atoms. The molecular formula is C14H14N2O. The van der Waals surface area contributed by atoms with Gasteiger partial charge >= 0.3 is 0 Å². The summed E-state index contributed by atoms with van der Waals surface area (Å²) in [4.78, 5) is 10.9. The molecule has 1 aromatic carbocycles. The molecule has 0 aliphatic rings. The number of benzene rings is 1. The fraction of sp³-hybridized carbons (Fsp3) is 0.286. The lowest BCUT2D eigenvalue weighted by atomic mass is 10.1. The smallest absolute Gasteiger partial charge is 0.129 e. The number of carbonyl (C=O) groups excluding carboxylic acids is 1. The second-order valence-electron chi connectivity index (χ2n) is 4.16. The molecular weight excluding hydrogens is 212 g/mol. The summed E-state index contributed by atoms with van der Waals surface area (Å²) in [6, 6.07) is 9.87. The summed E-state index contributed by atoms with van der Waals surface area (Å²) in [6.07, 6.45) is 3.43. The van der Waals surface area contributed by atoms with E-state index < -0.39 is 0 Å². The average Bonchev–Trinajstić information content (AvgIpc) is 2.72. The molecule has 0 spiro atoms. The van der Waals surface area contributed by atoms with Crippen LogP contribution in [0.4, 0.5) is 0 Å². The standard InChI is InChI=1S/C14H14N2O/c1-11(17)4-3-8-16-9-7-13-12(10-15)5-2-6-14(13)16/h2,5-7,9H,3-4,8H2,1H3. The number of nitriles is 1. The first-order chi connectivity index (χ1) is 8.22. The highest BCUT2D eigenvalue weighted by atomic mass is 16.1. The van der Waals surface area contributed by atoms with E-state index in [9.17, 15) is 4.79 Å². The Bertz CT molecular complexity index is 590. The van der Waals surface area contributed by atoms with Crippen LogP contribution in [0.1, 0.15) is 25.3 Å². The Morgan fingerprint density at radius 2 is 2.24 bits per heavy atom. The zero-order valence-electron chi connectivity index (χ0n) is 9.81. The summed E-state index contributed by atoms with van der Waals surface area (Å²) >= 11 is 0. The topological polar surface area (TPSA) is 45.8 Å². The molecule has 0 fully saturated rings. The molecule has 86 valence electrons. The minimum Gasteiger partial charge on any atom is -0.347 e. The zero-order chi connectivity index (χ0) is 12.3. The van der Waals surface area contributed by atoms with Gasteiger partial charge in [0, 0.05) is 30.1 Å². The normalized spacial score (nSPS) is 10.4. The van der Waals surface area contributed by atoms with Crippen LogP contribution in [-0.2, 0) is 11.3 Å². The van der Waals surface area contributed by atoms with E-state index in [1.54, 1.807) is 6.92 Å². The van der Waals surface area contributed by atoms with E-state index in [1.165, 1.54) is 0 Å². The lowest BCUT2D eigenvalue weighted by Crippen LogP contribution is -1.99. The van der Waals surface area contributed by atoms with Gasteiger partial charge in [0.2, 0.25) is 0 Å². The van der Waals surface area contributed by atoms with E-state index in [0.717, 1.165) is 23.9 Å². The van der Waals surface area contributed by atoms with Crippen LogP contribution < -0.4 is 0 Å². The first kappa shape index (κ1) is 11.4. The Labute approximate surface area is 100 Å². The molecule has 0 aliphatic carbocycles. The van der Waals surface area contributed by atoms with Gasteiger partial charge < -0.3 is 9.36 Å². The van der Waals surface area contributed by atoms with Gasteiger partial charge in [-0.2, -0.15) is 5.26 Å². The maximum Gasteiger partial charge on any atom is 0.129 e. The summed E-state index contributed by atoms with van der Waals surface area (Å²) in [5, 5.41) is 9.97. The minimum atomic E-state index is 0.221. The Kier molecular flexibility index (Phi) is 3.24. The van der Waals surface area contributed by atoms with Crippen LogP contribution in [0.3, 0.4) is 0 Å². The molecule has 0 bridgehead atoms. The SMILES string of the molecule is CC(=O)CCCn1ccc2c(C#N)cccc21. The number of hydrogen-bond acceptors (Lipinski definition) is 2. The molecule has 2 rings (SSSR count). The van der Waals surface area contributed by atoms with Crippen LogP contribution in [0, 0.1) is 11.3 Å². The van der Waals surface area contributed by atoms with Gasteiger partial charge in [0.1, 0.15) is 5.78 Å². The lowest BCUT2D eigenvalue weighted by Gasteiger charge is -2.04. The number of Topliss-reactive ketones (excluding diaryl/α,β-unsaturated/α-hetero) is 1. The largest absolute Gasteiger partial charge is 0.347 e. The Balaban J connectivity index is 2.25. The number of aromatic nitrogens is 1. The summed E-state index contributed by atoms with van der Waals surface area (Å²) in [7, 11) is 0. The molecule has 3 heteroatoms. The van der Waals surface area contributed by atoms with Crippen molar-refractivity contribution < 1.29 is 4.79 Å². The summed E-state index contributed by atoms with van der Waals surface area (Å²) in [5.74, 6) is 0.221. The monoisotopic (exact) mass is 226 g/mol. The van der Waals surface area contributed by atoms with Gasteiger partial charge in [-0.05, 0) is 31.5 Å². The van der Waals surface area contributed by atoms with E-state index in [0.29, 0.717) is 12.0 Å². The molecule has 2 aromatic rings. The third kappa shape index (κ3) is 2.36. The van der Waals surface area contributed by atoms with Crippen molar-refractivity contribution in [3.8, 4) is 6.07 Å². The van der Waals surface area contributed by atoms with Gasteiger partial charge in [-0.15, -0.1) is 0 Å². The molecule has 0 amide bonds. The number of ketones is 1. The number of carbonyl (C=O) groups is 1. The summed E-state index contributed by atoms with van der Waals surface area (Å²) < 4.78 is 2.10. The third-order valence-corrected chi connectivity index (χ3v) is 2.86. The molecule has 0 saturated heterocycles. The minimum absolute atomic E-state index is 0.221. The zero-order valence-corrected chi connectivity index (χ0v) is 9.81. The highest BCUT2D eigenvalue weighted by Crippen LogP contribution is 2.20. The van der Waals surface area contributed by atoms with Crippen molar-refractivity contribution in [2.45, 2.75) is 26.3 Å². The third-order valence-electron chi connectivity index (χ3n) is 2.86. The van der Waals surface area contributed by atoms with Gasteiger partial charge in [0.15, 0.2) is 0 Å². The van der Waals surface area contributed by atoms with Crippen LogP contribution in [-0.4, -0.2) is 10.4 Å². The molecule has 0 unspecified atom stereocenters. The summed E-state index contributed by atoms with van der Waals surface area (Å²) in [5.41, 5.74) is 1.76. The van der Waals surface area contributed by atoms with Crippen LogP contribution >= 0.6 is 0 Å². The second kappa shape index (κ2) is 4.84. The lowest BCUT2D eigenvalue weighted by molar-refractivity contribution is -0.117. The van der Waals surface area contributed by atoms with Crippen molar-refractivity contribution in [2.24, 2.45) is 0 Å². The molecule has 3 nitrogen and oxygen atoms in total. The van der Waals surface area contributed by atoms with Crippen molar-refractivity contribution in [1.82, 2.24) is 4.57 Å². The number of fused-ring (bicyclic) bond motifs is 1. The molecule has 0 saturated carbocycles. The van der Waals surface area contributed by atoms with Crippen LogP contribution in [0.15, 0.2) is 30.5 Å². The Morgan fingerprint density at radius 1 is 1.41 bits per heavy atom. The average molecular weight is 226 g/mol. The molecule has 0 atom stereocenters. The Morgan fingerprint density at radius 3 is 2.94 bits per heavy atom. The summed E-state index contributed by atoms with van der Waals surface area (Å²) in [6.45, 7) is 2.43. The maximum atomic E-state index is 10.9. The number of hydrogen-bond donors (Lipinski definition) is 0. The molecule has 1 heterocycles. The quantitative estimate of drug-likeness (QED) is 0.804. The maximum absolute atomic E-state index is 10.9. The van der Waals surface area contributed by atoms with Gasteiger partial charge in [-0.3, -0.25) is 0 Å². The van der Waals surface area contributed by atoms with Crippen molar-refractivity contribution in [3.05, 3.63) is 36.0 Å². The van der Waals surface area contributed by atoms with Gasteiger partial charge in [-0.25, -0.2) is 0 Å². The molecule has 0 radical (unpaired) electrons. The predicted octanol–water partition coefficient (Wildman–Crippen LogP) is 2.88. The van der Waals surface area contributed by atoms with E-state index in [1.807, 2.05) is 30.5 Å². The van der Waals surface area contributed by atoms with Crippen molar-refractivity contribution in [3.63, 3.8) is 0 Å².